The number of benzene rings is 2. The quantitative estimate of drug-likeness (QED) is 0.511. The minimum absolute atomic E-state index is 0.305. The highest BCUT2D eigenvalue weighted by Gasteiger charge is 2.13. The Bertz CT molecular complexity index is 919. The molecule has 0 fully saturated rings. The molecule has 0 spiro atoms. The van der Waals surface area contributed by atoms with Crippen LogP contribution in [0.25, 0.3) is 11.3 Å². The van der Waals surface area contributed by atoms with Gasteiger partial charge in [-0.25, -0.2) is 5.43 Å². The number of para-hydroxylation sites is 1. The summed E-state index contributed by atoms with van der Waals surface area (Å²) in [6, 6.07) is 16.3. The van der Waals surface area contributed by atoms with Crippen molar-refractivity contribution in [2.45, 2.75) is 6.92 Å². The molecule has 132 valence electrons. The van der Waals surface area contributed by atoms with Gasteiger partial charge in [0.25, 0.3) is 5.91 Å². The second-order valence-corrected chi connectivity index (χ2v) is 5.78. The lowest BCUT2D eigenvalue weighted by Gasteiger charge is -2.07. The van der Waals surface area contributed by atoms with Crippen LogP contribution in [-0.4, -0.2) is 28.9 Å². The molecule has 0 atom stereocenters. The Hall–Kier alpha value is -3.12. The van der Waals surface area contributed by atoms with Crippen molar-refractivity contribution >= 4 is 23.7 Å². The molecule has 0 radical (unpaired) electrons. The number of nitrogens with zero attached hydrogens (tertiary/aromatic N) is 2. The first-order valence-electron chi connectivity index (χ1n) is 8.04. The Balaban J connectivity index is 1.69. The van der Waals surface area contributed by atoms with Crippen LogP contribution in [0.1, 0.15) is 23.0 Å². The highest BCUT2D eigenvalue weighted by atomic mass is 35.5. The molecule has 0 aliphatic carbocycles. The van der Waals surface area contributed by atoms with E-state index in [9.17, 15) is 4.79 Å². The third-order valence-electron chi connectivity index (χ3n) is 3.54. The molecule has 0 aliphatic heterocycles. The average Bonchev–Trinajstić information content (AvgIpc) is 3.14. The molecule has 0 aliphatic rings. The maximum atomic E-state index is 12.2. The highest BCUT2D eigenvalue weighted by molar-refractivity contribution is 6.30. The second kappa shape index (κ2) is 8.31. The molecular weight excluding hydrogens is 352 g/mol. The van der Waals surface area contributed by atoms with Gasteiger partial charge in [0.1, 0.15) is 11.4 Å². The number of nitrogens with one attached hydrogen (secondary N) is 2. The number of hydrazone groups is 1. The molecule has 0 saturated heterocycles. The Labute approximate surface area is 155 Å². The van der Waals surface area contributed by atoms with Crippen molar-refractivity contribution in [1.29, 1.82) is 0 Å². The van der Waals surface area contributed by atoms with E-state index in [0.29, 0.717) is 28.8 Å². The fourth-order valence-corrected chi connectivity index (χ4v) is 2.44. The molecule has 1 aromatic heterocycles. The third-order valence-corrected chi connectivity index (χ3v) is 3.79. The van der Waals surface area contributed by atoms with Gasteiger partial charge in [-0.3, -0.25) is 9.89 Å². The van der Waals surface area contributed by atoms with Crippen molar-refractivity contribution in [2.24, 2.45) is 5.10 Å². The minimum Gasteiger partial charge on any atom is -0.493 e. The fraction of sp³-hybridized carbons (Fsp3) is 0.105. The average molecular weight is 369 g/mol. The van der Waals surface area contributed by atoms with Crippen LogP contribution < -0.4 is 10.2 Å². The number of hydrogen-bond donors (Lipinski definition) is 2. The van der Waals surface area contributed by atoms with Crippen molar-refractivity contribution in [1.82, 2.24) is 15.6 Å². The van der Waals surface area contributed by atoms with E-state index in [2.05, 4.69) is 20.7 Å². The monoisotopic (exact) mass is 368 g/mol. The number of carbonyl (C=O) groups excluding carboxylic acids is 1. The molecule has 0 bridgehead atoms. The first kappa shape index (κ1) is 17.7. The lowest BCUT2D eigenvalue weighted by Crippen LogP contribution is -2.17. The van der Waals surface area contributed by atoms with E-state index >= 15 is 0 Å². The third kappa shape index (κ3) is 4.29. The zero-order valence-electron chi connectivity index (χ0n) is 14.1. The van der Waals surface area contributed by atoms with E-state index in [-0.39, 0.29) is 5.91 Å². The Kier molecular flexibility index (Phi) is 5.66. The molecule has 1 heterocycles. The summed E-state index contributed by atoms with van der Waals surface area (Å²) in [6.07, 6.45) is 1.54. The molecular formula is C19H17ClN4O2. The first-order valence-corrected chi connectivity index (χ1v) is 8.41. The van der Waals surface area contributed by atoms with E-state index in [4.69, 9.17) is 16.3 Å². The standard InChI is InChI=1S/C19H17ClN4O2/c1-2-26-18-6-4-3-5-15(18)16-11-17(23-22-16)19(25)24-21-12-13-7-9-14(20)10-8-13/h3-12H,2H2,1H3,(H,22,23)(H,24,25)/b21-12+. The predicted octanol–water partition coefficient (Wildman–Crippen LogP) is 3.89. The van der Waals surface area contributed by atoms with Gasteiger partial charge in [-0.2, -0.15) is 10.2 Å². The Morgan fingerprint density at radius 2 is 2.04 bits per heavy atom. The largest absolute Gasteiger partial charge is 0.493 e. The number of carbonyl (C=O) groups is 1. The van der Waals surface area contributed by atoms with E-state index in [1.165, 1.54) is 6.21 Å². The molecule has 2 N–H and O–H groups in total. The number of ether oxygens (including phenoxy) is 1. The van der Waals surface area contributed by atoms with Gasteiger partial charge in [0.2, 0.25) is 0 Å². The summed E-state index contributed by atoms with van der Waals surface area (Å²) in [5, 5.41) is 11.5. The molecule has 2 aromatic carbocycles. The van der Waals surface area contributed by atoms with Gasteiger partial charge in [-0.1, -0.05) is 35.9 Å². The lowest BCUT2D eigenvalue weighted by atomic mass is 10.1. The van der Waals surface area contributed by atoms with Gasteiger partial charge < -0.3 is 4.74 Å². The van der Waals surface area contributed by atoms with E-state index < -0.39 is 0 Å². The molecule has 0 saturated carbocycles. The second-order valence-electron chi connectivity index (χ2n) is 5.35. The van der Waals surface area contributed by atoms with Crippen LogP contribution in [0.2, 0.25) is 5.02 Å². The van der Waals surface area contributed by atoms with E-state index in [1.807, 2.05) is 31.2 Å². The Morgan fingerprint density at radius 3 is 2.81 bits per heavy atom. The number of amides is 1. The number of halogens is 1. The predicted molar refractivity (Wildman–Crippen MR) is 102 cm³/mol. The van der Waals surface area contributed by atoms with Crippen LogP contribution in [-0.2, 0) is 0 Å². The van der Waals surface area contributed by atoms with Crippen LogP contribution in [0.5, 0.6) is 5.75 Å². The fourth-order valence-electron chi connectivity index (χ4n) is 2.31. The van der Waals surface area contributed by atoms with Gasteiger partial charge in [-0.15, -0.1) is 0 Å². The number of aromatic amines is 1. The van der Waals surface area contributed by atoms with Gasteiger partial charge in [0.15, 0.2) is 0 Å². The molecule has 0 unspecified atom stereocenters. The summed E-state index contributed by atoms with van der Waals surface area (Å²) in [4.78, 5) is 12.2. The zero-order chi connectivity index (χ0) is 18.4. The van der Waals surface area contributed by atoms with Gasteiger partial charge in [0.05, 0.1) is 18.5 Å². The maximum Gasteiger partial charge on any atom is 0.289 e. The normalized spacial score (nSPS) is 10.8. The SMILES string of the molecule is CCOc1ccccc1-c1cc(C(=O)N/N=C/c2ccc(Cl)cc2)[nH]n1. The van der Waals surface area contributed by atoms with Crippen LogP contribution in [0.4, 0.5) is 0 Å². The van der Waals surface area contributed by atoms with Crippen molar-refractivity contribution in [2.75, 3.05) is 6.61 Å². The van der Waals surface area contributed by atoms with Crippen LogP contribution in [0.3, 0.4) is 0 Å². The van der Waals surface area contributed by atoms with Gasteiger partial charge in [0, 0.05) is 10.6 Å². The van der Waals surface area contributed by atoms with Crippen molar-refractivity contribution < 1.29 is 9.53 Å². The molecule has 6 nitrogen and oxygen atoms in total. The van der Waals surface area contributed by atoms with Crippen molar-refractivity contribution in [3.8, 4) is 17.0 Å². The molecule has 3 aromatic rings. The van der Waals surface area contributed by atoms with Crippen molar-refractivity contribution in [3.63, 3.8) is 0 Å². The van der Waals surface area contributed by atoms with Crippen LogP contribution in [0.15, 0.2) is 59.7 Å². The van der Waals surface area contributed by atoms with E-state index in [1.54, 1.807) is 30.3 Å². The molecule has 3 rings (SSSR count). The smallest absolute Gasteiger partial charge is 0.289 e. The van der Waals surface area contributed by atoms with Crippen molar-refractivity contribution in [3.05, 3.63) is 70.9 Å². The topological polar surface area (TPSA) is 79.4 Å². The Morgan fingerprint density at radius 1 is 1.27 bits per heavy atom. The van der Waals surface area contributed by atoms with E-state index in [0.717, 1.165) is 11.1 Å². The number of aromatic nitrogens is 2. The molecule has 26 heavy (non-hydrogen) atoms. The lowest BCUT2D eigenvalue weighted by molar-refractivity contribution is 0.0950. The van der Waals surface area contributed by atoms with Crippen LogP contribution >= 0.6 is 11.6 Å². The zero-order valence-corrected chi connectivity index (χ0v) is 14.8. The molecule has 7 heteroatoms. The van der Waals surface area contributed by atoms with Gasteiger partial charge >= 0.3 is 0 Å². The van der Waals surface area contributed by atoms with Gasteiger partial charge in [-0.05, 0) is 42.8 Å². The molecule has 1 amide bonds. The summed E-state index contributed by atoms with van der Waals surface area (Å²) in [5.41, 5.74) is 5.03. The minimum atomic E-state index is -0.386. The number of hydrogen-bond acceptors (Lipinski definition) is 4. The number of H-pyrrole nitrogens is 1. The summed E-state index contributed by atoms with van der Waals surface area (Å²) in [6.45, 7) is 2.47. The maximum absolute atomic E-state index is 12.2. The first-order chi connectivity index (χ1) is 12.7. The van der Waals surface area contributed by atoms with Crippen LogP contribution in [0, 0.1) is 0 Å². The summed E-state index contributed by atoms with van der Waals surface area (Å²) in [5.74, 6) is 0.331. The summed E-state index contributed by atoms with van der Waals surface area (Å²) < 4.78 is 5.60. The number of rotatable bonds is 6. The summed E-state index contributed by atoms with van der Waals surface area (Å²) in [7, 11) is 0. The highest BCUT2D eigenvalue weighted by Crippen LogP contribution is 2.28. The summed E-state index contributed by atoms with van der Waals surface area (Å²) >= 11 is 5.83.